The highest BCUT2D eigenvalue weighted by atomic mass is 32.2. The summed E-state index contributed by atoms with van der Waals surface area (Å²) in [5.74, 6) is 1.94. The van der Waals surface area contributed by atoms with Crippen molar-refractivity contribution in [2.45, 2.75) is 25.9 Å². The van der Waals surface area contributed by atoms with Gasteiger partial charge in [0.25, 0.3) is 0 Å². The maximum absolute atomic E-state index is 11.8. The van der Waals surface area contributed by atoms with E-state index in [0.717, 1.165) is 11.3 Å². The van der Waals surface area contributed by atoms with Gasteiger partial charge in [0.05, 0.1) is 25.5 Å². The standard InChI is InChI=1S/C17H27O4S/c1-4-20-12-16(19)13-21-17-7-5-14(6-8-17)11-15(18)9-10-22(2)3/h5-8,16,19H,4,9-13H2,1-3H3/q+1. The van der Waals surface area contributed by atoms with Gasteiger partial charge in [0, 0.05) is 13.0 Å². The quantitative estimate of drug-likeness (QED) is 0.630. The Bertz CT molecular complexity index is 431. The third-order valence-corrected chi connectivity index (χ3v) is 4.09. The van der Waals surface area contributed by atoms with Gasteiger partial charge in [0.2, 0.25) is 0 Å². The van der Waals surface area contributed by atoms with Gasteiger partial charge in [0.15, 0.2) is 0 Å². The highest BCUT2D eigenvalue weighted by Crippen LogP contribution is 2.13. The van der Waals surface area contributed by atoms with E-state index in [2.05, 4.69) is 12.5 Å². The van der Waals surface area contributed by atoms with Gasteiger partial charge in [-0.05, 0) is 35.5 Å². The van der Waals surface area contributed by atoms with Crippen LogP contribution in [0.1, 0.15) is 18.9 Å². The summed E-state index contributed by atoms with van der Waals surface area (Å²) in [4.78, 5) is 11.8. The summed E-state index contributed by atoms with van der Waals surface area (Å²) in [6, 6.07) is 7.47. The van der Waals surface area contributed by atoms with Gasteiger partial charge in [-0.3, -0.25) is 4.79 Å². The molecule has 0 saturated carbocycles. The Hall–Kier alpha value is -1.04. The molecule has 0 radical (unpaired) electrons. The van der Waals surface area contributed by atoms with Crippen LogP contribution in [0, 0.1) is 0 Å². The number of carbonyl (C=O) groups is 1. The molecule has 1 aromatic rings. The van der Waals surface area contributed by atoms with Crippen LogP contribution in [-0.2, 0) is 26.8 Å². The molecular weight excluding hydrogens is 300 g/mol. The molecule has 0 fully saturated rings. The van der Waals surface area contributed by atoms with Crippen molar-refractivity contribution in [3.63, 3.8) is 0 Å². The first kappa shape index (κ1) is 19.0. The molecule has 4 nitrogen and oxygen atoms in total. The Balaban J connectivity index is 2.34. The van der Waals surface area contributed by atoms with Crippen molar-refractivity contribution < 1.29 is 19.4 Å². The average Bonchev–Trinajstić information content (AvgIpc) is 2.50. The number of aliphatic hydroxyl groups is 1. The number of aliphatic hydroxyl groups excluding tert-OH is 1. The number of benzene rings is 1. The number of hydrogen-bond acceptors (Lipinski definition) is 4. The molecule has 5 heteroatoms. The maximum Gasteiger partial charge on any atom is 0.141 e. The minimum absolute atomic E-state index is 0.202. The van der Waals surface area contributed by atoms with Gasteiger partial charge in [-0.2, -0.15) is 0 Å². The Morgan fingerprint density at radius 3 is 2.50 bits per heavy atom. The molecule has 1 rings (SSSR count). The van der Waals surface area contributed by atoms with E-state index in [1.54, 1.807) is 0 Å². The Morgan fingerprint density at radius 1 is 1.23 bits per heavy atom. The van der Waals surface area contributed by atoms with Crippen LogP contribution in [0.5, 0.6) is 5.75 Å². The van der Waals surface area contributed by atoms with E-state index < -0.39 is 6.10 Å². The summed E-state index contributed by atoms with van der Waals surface area (Å²) in [5.41, 5.74) is 0.999. The SMILES string of the molecule is CCOCC(O)COc1ccc(CC(=O)CC[S+](C)C)cc1. The first-order chi connectivity index (χ1) is 10.5. The van der Waals surface area contributed by atoms with Crippen LogP contribution in [0.4, 0.5) is 0 Å². The zero-order valence-electron chi connectivity index (χ0n) is 13.7. The Morgan fingerprint density at radius 2 is 1.91 bits per heavy atom. The third kappa shape index (κ3) is 8.41. The van der Waals surface area contributed by atoms with Crippen molar-refractivity contribution in [2.75, 3.05) is 38.1 Å². The fraction of sp³-hybridized carbons (Fsp3) is 0.588. The molecule has 0 bridgehead atoms. The number of Topliss-reactive ketones (excluding diaryl/α,β-unsaturated/α-hetero) is 1. The van der Waals surface area contributed by atoms with Crippen LogP contribution in [0.15, 0.2) is 24.3 Å². The predicted molar refractivity (Wildman–Crippen MR) is 91.8 cm³/mol. The predicted octanol–water partition coefficient (Wildman–Crippen LogP) is 1.84. The summed E-state index contributed by atoms with van der Waals surface area (Å²) >= 11 is 0. The molecular formula is C17H27O4S+. The fourth-order valence-corrected chi connectivity index (χ4v) is 2.47. The summed E-state index contributed by atoms with van der Waals surface area (Å²) in [6.45, 7) is 2.94. The third-order valence-electron chi connectivity index (χ3n) is 3.07. The minimum atomic E-state index is -0.627. The first-order valence-electron chi connectivity index (χ1n) is 7.54. The Labute approximate surface area is 136 Å². The molecule has 0 aliphatic carbocycles. The largest absolute Gasteiger partial charge is 0.491 e. The van der Waals surface area contributed by atoms with E-state index >= 15 is 0 Å². The van der Waals surface area contributed by atoms with Crippen LogP contribution in [0.3, 0.4) is 0 Å². The monoisotopic (exact) mass is 327 g/mol. The smallest absolute Gasteiger partial charge is 0.141 e. The van der Waals surface area contributed by atoms with Crippen molar-refractivity contribution in [1.82, 2.24) is 0 Å². The lowest BCUT2D eigenvalue weighted by Gasteiger charge is -2.12. The molecule has 0 spiro atoms. The van der Waals surface area contributed by atoms with Crippen LogP contribution in [0.25, 0.3) is 0 Å². The number of carbonyl (C=O) groups excluding carboxylic acids is 1. The summed E-state index contributed by atoms with van der Waals surface area (Å²) in [5, 5.41) is 9.62. The molecule has 1 N–H and O–H groups in total. The lowest BCUT2D eigenvalue weighted by Crippen LogP contribution is -2.23. The van der Waals surface area contributed by atoms with E-state index in [9.17, 15) is 9.90 Å². The van der Waals surface area contributed by atoms with Gasteiger partial charge in [0.1, 0.15) is 30.0 Å². The summed E-state index contributed by atoms with van der Waals surface area (Å²) in [7, 11) is 0.317. The molecule has 1 atom stereocenters. The zero-order chi connectivity index (χ0) is 16.4. The van der Waals surface area contributed by atoms with Gasteiger partial charge in [-0.1, -0.05) is 12.1 Å². The molecule has 1 unspecified atom stereocenters. The number of ether oxygens (including phenoxy) is 2. The molecule has 1 aromatic carbocycles. The van der Waals surface area contributed by atoms with Crippen LogP contribution >= 0.6 is 0 Å². The molecule has 124 valence electrons. The van der Waals surface area contributed by atoms with Crippen LogP contribution in [0.2, 0.25) is 0 Å². The zero-order valence-corrected chi connectivity index (χ0v) is 14.5. The van der Waals surface area contributed by atoms with Crippen molar-refractivity contribution in [3.05, 3.63) is 29.8 Å². The molecule has 0 aromatic heterocycles. The second kappa shape index (κ2) is 10.6. The summed E-state index contributed by atoms with van der Waals surface area (Å²) < 4.78 is 10.6. The number of rotatable bonds is 11. The highest BCUT2D eigenvalue weighted by molar-refractivity contribution is 7.95. The van der Waals surface area contributed by atoms with Crippen molar-refractivity contribution in [2.24, 2.45) is 0 Å². The normalized spacial score (nSPS) is 12.4. The molecule has 0 saturated heterocycles. The van der Waals surface area contributed by atoms with Gasteiger partial charge in [-0.15, -0.1) is 0 Å². The molecule has 0 amide bonds. The maximum atomic E-state index is 11.8. The van der Waals surface area contributed by atoms with Gasteiger partial charge >= 0.3 is 0 Å². The van der Waals surface area contributed by atoms with E-state index in [-0.39, 0.29) is 19.0 Å². The lowest BCUT2D eigenvalue weighted by molar-refractivity contribution is -0.118. The van der Waals surface area contributed by atoms with E-state index in [1.165, 1.54) is 0 Å². The molecule has 0 aliphatic rings. The molecule has 22 heavy (non-hydrogen) atoms. The van der Waals surface area contributed by atoms with Gasteiger partial charge < -0.3 is 14.6 Å². The second-order valence-corrected chi connectivity index (χ2v) is 7.80. The van der Waals surface area contributed by atoms with Crippen molar-refractivity contribution in [1.29, 1.82) is 0 Å². The molecule has 0 heterocycles. The van der Waals surface area contributed by atoms with E-state index in [1.807, 2.05) is 31.2 Å². The first-order valence-corrected chi connectivity index (χ1v) is 9.75. The van der Waals surface area contributed by atoms with Gasteiger partial charge in [-0.25, -0.2) is 0 Å². The van der Waals surface area contributed by atoms with Crippen LogP contribution < -0.4 is 4.74 Å². The Kier molecular flexibility index (Phi) is 9.20. The van der Waals surface area contributed by atoms with Crippen molar-refractivity contribution in [3.8, 4) is 5.75 Å². The van der Waals surface area contributed by atoms with E-state index in [0.29, 0.717) is 36.1 Å². The number of ketones is 1. The lowest BCUT2D eigenvalue weighted by atomic mass is 10.1. The second-order valence-electron chi connectivity index (χ2n) is 5.42. The fourth-order valence-electron chi connectivity index (χ4n) is 1.83. The average molecular weight is 327 g/mol. The minimum Gasteiger partial charge on any atom is -0.491 e. The van der Waals surface area contributed by atoms with Crippen molar-refractivity contribution >= 4 is 16.7 Å². The highest BCUT2D eigenvalue weighted by Gasteiger charge is 2.10. The topological polar surface area (TPSA) is 55.8 Å². The number of hydrogen-bond donors (Lipinski definition) is 1. The summed E-state index contributed by atoms with van der Waals surface area (Å²) in [6.07, 6.45) is 4.80. The van der Waals surface area contributed by atoms with Crippen LogP contribution in [-0.4, -0.2) is 55.1 Å². The molecule has 0 aliphatic heterocycles. The van der Waals surface area contributed by atoms with E-state index in [4.69, 9.17) is 9.47 Å².